The molecule has 1 aromatic rings. The van der Waals surface area contributed by atoms with E-state index in [2.05, 4.69) is 64.7 Å². The lowest BCUT2D eigenvalue weighted by Gasteiger charge is -2.25. The Bertz CT molecular complexity index is 812. The summed E-state index contributed by atoms with van der Waals surface area (Å²) in [6, 6.07) is 10.4. The predicted molar refractivity (Wildman–Crippen MR) is 135 cm³/mol. The van der Waals surface area contributed by atoms with E-state index in [0.29, 0.717) is 12.0 Å². The van der Waals surface area contributed by atoms with Crippen LogP contribution in [0.5, 0.6) is 0 Å². The molecule has 1 aromatic carbocycles. The van der Waals surface area contributed by atoms with E-state index >= 15 is 0 Å². The quantitative estimate of drug-likeness (QED) is 0.140. The summed E-state index contributed by atoms with van der Waals surface area (Å²) in [4.78, 5) is 16.8. The van der Waals surface area contributed by atoms with E-state index in [1.165, 1.54) is 11.8 Å². The molecule has 0 aliphatic rings. The van der Waals surface area contributed by atoms with Crippen molar-refractivity contribution >= 4 is 12.1 Å². The molecule has 0 aromatic heterocycles. The summed E-state index contributed by atoms with van der Waals surface area (Å²) in [5, 5.41) is 14.3. The number of carbonyl (C=O) groups is 1. The van der Waals surface area contributed by atoms with Crippen molar-refractivity contribution in [1.29, 1.82) is 0 Å². The van der Waals surface area contributed by atoms with E-state index in [1.54, 1.807) is 18.2 Å². The summed E-state index contributed by atoms with van der Waals surface area (Å²) in [6.07, 6.45) is 6.91. The van der Waals surface area contributed by atoms with E-state index in [1.807, 2.05) is 19.9 Å². The van der Waals surface area contributed by atoms with Gasteiger partial charge in [0.1, 0.15) is 5.76 Å². The highest BCUT2D eigenvalue weighted by Crippen LogP contribution is 2.13. The maximum atomic E-state index is 12.4. The normalized spacial score (nSPS) is 12.8. The fraction of sp³-hybridized carbons (Fsp3) is 0.385. The Morgan fingerprint density at radius 2 is 1.78 bits per heavy atom. The van der Waals surface area contributed by atoms with Gasteiger partial charge in [0, 0.05) is 25.2 Å². The first-order chi connectivity index (χ1) is 15.4. The summed E-state index contributed by atoms with van der Waals surface area (Å²) < 4.78 is 0. The van der Waals surface area contributed by atoms with E-state index < -0.39 is 0 Å². The molecule has 6 heteroatoms. The highest BCUT2D eigenvalue weighted by Gasteiger charge is 2.11. The number of hydrogen-bond acceptors (Lipinski definition) is 5. The summed E-state index contributed by atoms with van der Waals surface area (Å²) in [6.45, 7) is 17.9. The number of allylic oxidation sites excluding steroid dienone is 5. The Morgan fingerprint density at radius 1 is 1.12 bits per heavy atom. The zero-order valence-corrected chi connectivity index (χ0v) is 19.8. The van der Waals surface area contributed by atoms with Crippen molar-refractivity contribution in [2.45, 2.75) is 33.7 Å². The van der Waals surface area contributed by atoms with E-state index in [0.717, 1.165) is 38.3 Å². The third-order valence-electron chi connectivity index (χ3n) is 5.06. The predicted octanol–water partition coefficient (Wildman–Crippen LogP) is 4.45. The number of hydrazone groups is 1. The molecule has 0 atom stereocenters. The number of carbonyl (C=O) groups excluding carboxylic acids is 1. The minimum Gasteiger partial charge on any atom is -0.507 e. The van der Waals surface area contributed by atoms with E-state index in [9.17, 15) is 9.90 Å². The van der Waals surface area contributed by atoms with Crippen LogP contribution in [0, 0.1) is 0 Å². The Labute approximate surface area is 193 Å². The van der Waals surface area contributed by atoms with Crippen LogP contribution in [-0.4, -0.2) is 59.8 Å². The van der Waals surface area contributed by atoms with Gasteiger partial charge in [-0.15, -0.1) is 6.58 Å². The Morgan fingerprint density at radius 3 is 2.38 bits per heavy atom. The van der Waals surface area contributed by atoms with Gasteiger partial charge in [-0.25, -0.2) is 5.43 Å². The molecule has 0 fully saturated rings. The van der Waals surface area contributed by atoms with Crippen LogP contribution < -0.4 is 5.43 Å². The molecule has 0 aliphatic carbocycles. The van der Waals surface area contributed by atoms with Gasteiger partial charge in [-0.05, 0) is 37.6 Å². The van der Waals surface area contributed by atoms with Crippen LogP contribution in [0.1, 0.15) is 32.8 Å². The first-order valence-electron chi connectivity index (χ1n) is 11.1. The van der Waals surface area contributed by atoms with Gasteiger partial charge in [0.25, 0.3) is 5.91 Å². The van der Waals surface area contributed by atoms with Crippen LogP contribution in [0.25, 0.3) is 0 Å². The third kappa shape index (κ3) is 10.4. The third-order valence-corrected chi connectivity index (χ3v) is 5.06. The number of amides is 1. The number of likely N-dealkylation sites (N-methyl/N-ethyl adjacent to an activating group) is 2. The van der Waals surface area contributed by atoms with Gasteiger partial charge in [0.15, 0.2) is 0 Å². The van der Waals surface area contributed by atoms with Gasteiger partial charge in [0.2, 0.25) is 0 Å². The molecule has 0 unspecified atom stereocenters. The fourth-order valence-corrected chi connectivity index (χ4v) is 3.10. The highest BCUT2D eigenvalue weighted by molar-refractivity contribution is 5.86. The molecule has 0 saturated heterocycles. The second-order valence-corrected chi connectivity index (χ2v) is 7.50. The lowest BCUT2D eigenvalue weighted by atomic mass is 10.1. The lowest BCUT2D eigenvalue weighted by Crippen LogP contribution is -2.40. The number of nitrogens with zero attached hydrogens (tertiary/aromatic N) is 3. The zero-order valence-electron chi connectivity index (χ0n) is 19.8. The first-order valence-corrected chi connectivity index (χ1v) is 11.1. The van der Waals surface area contributed by atoms with Gasteiger partial charge in [-0.1, -0.05) is 69.0 Å². The number of aliphatic hydroxyl groups is 1. The highest BCUT2D eigenvalue weighted by atomic mass is 16.3. The Hall–Kier alpha value is -2.96. The smallest absolute Gasteiger partial charge is 0.254 e. The van der Waals surface area contributed by atoms with Gasteiger partial charge >= 0.3 is 0 Å². The molecule has 1 rings (SSSR count). The van der Waals surface area contributed by atoms with Gasteiger partial charge in [-0.2, -0.15) is 5.10 Å². The SMILES string of the molecule is C=C/C=C(/C=N/NC(=O)CN(CC)CCN(CC)Cc1ccccc1)C(\O)=C(/C)CC=C. The topological polar surface area (TPSA) is 68.2 Å². The summed E-state index contributed by atoms with van der Waals surface area (Å²) >= 11 is 0. The molecule has 1 amide bonds. The second-order valence-electron chi connectivity index (χ2n) is 7.50. The van der Waals surface area contributed by atoms with Crippen molar-refractivity contribution < 1.29 is 9.90 Å². The average molecular weight is 439 g/mol. The summed E-state index contributed by atoms with van der Waals surface area (Å²) in [5.74, 6) is -0.0884. The first kappa shape index (κ1) is 27.1. The van der Waals surface area contributed by atoms with Gasteiger partial charge in [0.05, 0.1) is 12.8 Å². The molecular formula is C26H38N4O2. The largest absolute Gasteiger partial charge is 0.507 e. The van der Waals surface area contributed by atoms with Crippen molar-refractivity contribution in [3.63, 3.8) is 0 Å². The van der Waals surface area contributed by atoms with Crippen LogP contribution in [-0.2, 0) is 11.3 Å². The van der Waals surface area contributed by atoms with E-state index in [4.69, 9.17) is 0 Å². The number of aliphatic hydroxyl groups excluding tert-OH is 1. The number of nitrogens with one attached hydrogen (secondary N) is 1. The fourth-order valence-electron chi connectivity index (χ4n) is 3.10. The Kier molecular flexibility index (Phi) is 13.4. The molecule has 2 N–H and O–H groups in total. The number of hydrogen-bond donors (Lipinski definition) is 2. The number of benzene rings is 1. The monoisotopic (exact) mass is 438 g/mol. The molecule has 174 valence electrons. The molecule has 0 radical (unpaired) electrons. The average Bonchev–Trinajstić information content (AvgIpc) is 2.80. The van der Waals surface area contributed by atoms with Crippen molar-refractivity contribution in [3.8, 4) is 0 Å². The van der Waals surface area contributed by atoms with Crippen LogP contribution in [0.3, 0.4) is 0 Å². The van der Waals surface area contributed by atoms with Crippen LogP contribution >= 0.6 is 0 Å². The molecule has 6 nitrogen and oxygen atoms in total. The van der Waals surface area contributed by atoms with Crippen molar-refractivity contribution in [2.24, 2.45) is 5.10 Å². The molecule has 0 bridgehead atoms. The summed E-state index contributed by atoms with van der Waals surface area (Å²) in [5.41, 5.74) is 5.08. The van der Waals surface area contributed by atoms with Crippen molar-refractivity contribution in [1.82, 2.24) is 15.2 Å². The van der Waals surface area contributed by atoms with Crippen molar-refractivity contribution in [2.75, 3.05) is 32.7 Å². The van der Waals surface area contributed by atoms with Crippen LogP contribution in [0.2, 0.25) is 0 Å². The molecule has 0 saturated carbocycles. The Balaban J connectivity index is 2.59. The molecule has 32 heavy (non-hydrogen) atoms. The van der Waals surface area contributed by atoms with Crippen LogP contribution in [0.15, 0.2) is 83.7 Å². The van der Waals surface area contributed by atoms with Gasteiger partial charge < -0.3 is 5.11 Å². The standard InChI is InChI=1S/C26H38N4O2/c1-6-13-22(5)26(32)24(14-7-2)19-27-28-25(31)21-30(9-4)18-17-29(8-3)20-23-15-11-10-12-16-23/h6-7,10-12,14-16,19,32H,1-2,8-9,13,17-18,20-21H2,3-5H3,(H,28,31)/b24-14-,26-22-,27-19+. The maximum Gasteiger partial charge on any atom is 0.254 e. The molecule has 0 heterocycles. The maximum absolute atomic E-state index is 12.4. The van der Waals surface area contributed by atoms with Gasteiger partial charge in [-0.3, -0.25) is 14.6 Å². The van der Waals surface area contributed by atoms with Crippen molar-refractivity contribution in [3.05, 3.63) is 84.2 Å². The van der Waals surface area contributed by atoms with Crippen LogP contribution in [0.4, 0.5) is 0 Å². The molecular weight excluding hydrogens is 400 g/mol. The second kappa shape index (κ2) is 15.8. The summed E-state index contributed by atoms with van der Waals surface area (Å²) in [7, 11) is 0. The number of rotatable bonds is 15. The minimum absolute atomic E-state index is 0.107. The molecule has 0 spiro atoms. The minimum atomic E-state index is -0.196. The van der Waals surface area contributed by atoms with E-state index in [-0.39, 0.29) is 18.2 Å². The lowest BCUT2D eigenvalue weighted by molar-refractivity contribution is -0.122. The zero-order chi connectivity index (χ0) is 23.8. The molecule has 0 aliphatic heterocycles.